The molecule has 0 saturated heterocycles. The molecule has 0 amide bonds. The van der Waals surface area contributed by atoms with E-state index in [9.17, 15) is 9.59 Å². The Morgan fingerprint density at radius 3 is 2.82 bits per heavy atom. The molecule has 0 N–H and O–H groups in total. The Kier molecular flexibility index (Phi) is 6.81. The zero-order chi connectivity index (χ0) is 19.9. The minimum absolute atomic E-state index is 0.145. The maximum atomic E-state index is 12.7. The van der Waals surface area contributed by atoms with Crippen molar-refractivity contribution in [3.63, 3.8) is 0 Å². The molecule has 150 valence electrons. The van der Waals surface area contributed by atoms with Gasteiger partial charge in [-0.15, -0.1) is 0 Å². The van der Waals surface area contributed by atoms with E-state index in [2.05, 4.69) is 16.8 Å². The second-order valence-electron chi connectivity index (χ2n) is 6.82. The molecule has 28 heavy (non-hydrogen) atoms. The molecule has 7 nitrogen and oxygen atoms in total. The third kappa shape index (κ3) is 4.59. The summed E-state index contributed by atoms with van der Waals surface area (Å²) >= 11 is 0. The molecular weight excluding hydrogens is 358 g/mol. The van der Waals surface area contributed by atoms with Gasteiger partial charge in [0.15, 0.2) is 0 Å². The lowest BCUT2D eigenvalue weighted by atomic mass is 10.1. The zero-order valence-electron chi connectivity index (χ0n) is 16.5. The van der Waals surface area contributed by atoms with E-state index in [1.165, 1.54) is 13.2 Å². The topological polar surface area (TPSA) is 73.7 Å². The van der Waals surface area contributed by atoms with Crippen molar-refractivity contribution in [1.29, 1.82) is 0 Å². The van der Waals surface area contributed by atoms with Gasteiger partial charge in [0.1, 0.15) is 11.3 Å². The average Bonchev–Trinajstić information content (AvgIpc) is 2.92. The largest absolute Gasteiger partial charge is 0.492 e. The molecule has 0 radical (unpaired) electrons. The van der Waals surface area contributed by atoms with Crippen molar-refractivity contribution in [3.05, 3.63) is 57.8 Å². The smallest absolute Gasteiger partial charge is 0.343 e. The van der Waals surface area contributed by atoms with Crippen molar-refractivity contribution < 1.29 is 14.3 Å². The van der Waals surface area contributed by atoms with Crippen molar-refractivity contribution >= 4 is 5.97 Å². The van der Waals surface area contributed by atoms with Crippen molar-refractivity contribution in [3.8, 4) is 5.75 Å². The quantitative estimate of drug-likeness (QED) is 0.678. The standard InChI is InChI=1S/C21H27N3O4/c1-3-10-23-11-7-17-20(21(26)27-2)18(15-19(25)24(17)13-12-23)28-14-8-16-6-4-5-9-22-16/h4-6,9,15H,3,7-8,10-14H2,1-2H3. The number of hydrogen-bond acceptors (Lipinski definition) is 6. The summed E-state index contributed by atoms with van der Waals surface area (Å²) in [5, 5.41) is 0. The van der Waals surface area contributed by atoms with Crippen LogP contribution in [-0.2, 0) is 24.1 Å². The monoisotopic (exact) mass is 385 g/mol. The van der Waals surface area contributed by atoms with Crippen LogP contribution in [0.4, 0.5) is 0 Å². The number of methoxy groups -OCH3 is 1. The van der Waals surface area contributed by atoms with E-state index in [-0.39, 0.29) is 5.56 Å². The molecule has 0 aliphatic carbocycles. The Balaban J connectivity index is 1.87. The second kappa shape index (κ2) is 9.50. The summed E-state index contributed by atoms with van der Waals surface area (Å²) in [6.45, 7) is 5.59. The van der Waals surface area contributed by atoms with Gasteiger partial charge in [-0.3, -0.25) is 9.78 Å². The van der Waals surface area contributed by atoms with Gasteiger partial charge in [0.25, 0.3) is 5.56 Å². The molecule has 1 aliphatic heterocycles. The highest BCUT2D eigenvalue weighted by Gasteiger charge is 2.25. The number of fused-ring (bicyclic) bond motifs is 1. The van der Waals surface area contributed by atoms with Gasteiger partial charge in [-0.05, 0) is 25.1 Å². The third-order valence-corrected chi connectivity index (χ3v) is 4.96. The molecule has 0 fully saturated rings. The first-order chi connectivity index (χ1) is 13.6. The average molecular weight is 385 g/mol. The highest BCUT2D eigenvalue weighted by Crippen LogP contribution is 2.24. The van der Waals surface area contributed by atoms with Crippen LogP contribution in [0.1, 0.15) is 35.1 Å². The highest BCUT2D eigenvalue weighted by atomic mass is 16.5. The fourth-order valence-corrected chi connectivity index (χ4v) is 3.58. The first-order valence-electron chi connectivity index (χ1n) is 9.74. The number of rotatable bonds is 7. The van der Waals surface area contributed by atoms with E-state index in [1.54, 1.807) is 10.8 Å². The maximum absolute atomic E-state index is 12.7. The third-order valence-electron chi connectivity index (χ3n) is 4.96. The number of aromatic nitrogens is 2. The maximum Gasteiger partial charge on any atom is 0.343 e. The summed E-state index contributed by atoms with van der Waals surface area (Å²) in [4.78, 5) is 31.8. The van der Waals surface area contributed by atoms with Crippen LogP contribution >= 0.6 is 0 Å². The van der Waals surface area contributed by atoms with Crippen molar-refractivity contribution in [2.45, 2.75) is 32.7 Å². The summed E-state index contributed by atoms with van der Waals surface area (Å²) in [6, 6.07) is 7.09. The number of ether oxygens (including phenoxy) is 2. The lowest BCUT2D eigenvalue weighted by molar-refractivity contribution is 0.0593. The molecule has 0 bridgehead atoms. The van der Waals surface area contributed by atoms with Crippen molar-refractivity contribution in [2.75, 3.05) is 33.4 Å². The van der Waals surface area contributed by atoms with Crippen LogP contribution in [-0.4, -0.2) is 53.8 Å². The number of nitrogens with zero attached hydrogens (tertiary/aromatic N) is 3. The molecule has 7 heteroatoms. The second-order valence-corrected chi connectivity index (χ2v) is 6.82. The van der Waals surface area contributed by atoms with Crippen LogP contribution in [0.15, 0.2) is 35.3 Å². The van der Waals surface area contributed by atoms with E-state index >= 15 is 0 Å². The lowest BCUT2D eigenvalue weighted by Crippen LogP contribution is -2.29. The first-order valence-corrected chi connectivity index (χ1v) is 9.74. The van der Waals surface area contributed by atoms with Crippen LogP contribution in [0.2, 0.25) is 0 Å². The molecule has 2 aromatic heterocycles. The summed E-state index contributed by atoms with van der Waals surface area (Å²) < 4.78 is 12.5. The first kappa shape index (κ1) is 20.1. The van der Waals surface area contributed by atoms with Gasteiger partial charge in [-0.1, -0.05) is 13.0 Å². The summed E-state index contributed by atoms with van der Waals surface area (Å²) in [5.74, 6) is -0.177. The minimum Gasteiger partial charge on any atom is -0.492 e. The van der Waals surface area contributed by atoms with Gasteiger partial charge >= 0.3 is 5.97 Å². The molecular formula is C21H27N3O4. The number of pyridine rings is 2. The summed E-state index contributed by atoms with van der Waals surface area (Å²) in [5.41, 5.74) is 1.81. The normalized spacial score (nSPS) is 14.2. The molecule has 3 rings (SSSR count). The Morgan fingerprint density at radius 2 is 2.11 bits per heavy atom. The van der Waals surface area contributed by atoms with Gasteiger partial charge < -0.3 is 18.9 Å². The van der Waals surface area contributed by atoms with Gasteiger partial charge in [0, 0.05) is 56.1 Å². The molecule has 0 atom stereocenters. The van der Waals surface area contributed by atoms with Gasteiger partial charge in [-0.2, -0.15) is 0 Å². The van der Waals surface area contributed by atoms with Crippen LogP contribution in [0.3, 0.4) is 0 Å². The van der Waals surface area contributed by atoms with Crippen LogP contribution < -0.4 is 10.3 Å². The number of esters is 1. The van der Waals surface area contributed by atoms with E-state index < -0.39 is 5.97 Å². The van der Waals surface area contributed by atoms with E-state index in [4.69, 9.17) is 9.47 Å². The Morgan fingerprint density at radius 1 is 1.25 bits per heavy atom. The number of carbonyl (C=O) groups is 1. The predicted molar refractivity (Wildman–Crippen MR) is 106 cm³/mol. The molecule has 2 aromatic rings. The zero-order valence-corrected chi connectivity index (χ0v) is 16.5. The van der Waals surface area contributed by atoms with Crippen molar-refractivity contribution in [1.82, 2.24) is 14.5 Å². The summed E-state index contributed by atoms with van der Waals surface area (Å²) in [6.07, 6.45) is 3.98. The fraction of sp³-hybridized carbons (Fsp3) is 0.476. The fourth-order valence-electron chi connectivity index (χ4n) is 3.58. The molecule has 0 aromatic carbocycles. The van der Waals surface area contributed by atoms with E-state index in [0.717, 1.165) is 31.7 Å². The molecule has 0 spiro atoms. The molecule has 0 saturated carbocycles. The lowest BCUT2D eigenvalue weighted by Gasteiger charge is -2.17. The van der Waals surface area contributed by atoms with Gasteiger partial charge in [0.2, 0.25) is 0 Å². The molecule has 1 aliphatic rings. The number of hydrogen-bond donors (Lipinski definition) is 0. The molecule has 3 heterocycles. The van der Waals surface area contributed by atoms with E-state index in [1.807, 2.05) is 18.2 Å². The Bertz CT molecular complexity index is 864. The van der Waals surface area contributed by atoms with Crippen LogP contribution in [0.25, 0.3) is 0 Å². The molecule has 0 unspecified atom stereocenters. The van der Waals surface area contributed by atoms with Crippen molar-refractivity contribution in [2.24, 2.45) is 0 Å². The number of carbonyl (C=O) groups excluding carboxylic acids is 1. The van der Waals surface area contributed by atoms with Gasteiger partial charge in [0.05, 0.1) is 13.7 Å². The predicted octanol–water partition coefficient (Wildman–Crippen LogP) is 1.92. The summed E-state index contributed by atoms with van der Waals surface area (Å²) in [7, 11) is 1.35. The Hall–Kier alpha value is -2.67. The van der Waals surface area contributed by atoms with Gasteiger partial charge in [-0.25, -0.2) is 4.79 Å². The highest BCUT2D eigenvalue weighted by molar-refractivity contribution is 5.93. The van der Waals surface area contributed by atoms with Crippen LogP contribution in [0, 0.1) is 0 Å². The SMILES string of the molecule is CCCN1CCc2c(C(=O)OC)c(OCCc3ccccn3)cc(=O)n2CC1. The Labute approximate surface area is 164 Å². The van der Waals surface area contributed by atoms with Crippen LogP contribution in [0.5, 0.6) is 5.75 Å². The minimum atomic E-state index is -0.472. The van der Waals surface area contributed by atoms with E-state index in [0.29, 0.717) is 43.0 Å².